The van der Waals surface area contributed by atoms with Crippen molar-refractivity contribution in [3.8, 4) is 6.07 Å². The van der Waals surface area contributed by atoms with Crippen LogP contribution in [0.5, 0.6) is 0 Å². The first-order valence-corrected chi connectivity index (χ1v) is 7.52. The number of benzene rings is 1. The van der Waals surface area contributed by atoms with Crippen molar-refractivity contribution >= 4 is 10.0 Å². The van der Waals surface area contributed by atoms with Gasteiger partial charge in [0.25, 0.3) is 0 Å². The average molecular weight is 284 g/mol. The smallest absolute Gasteiger partial charge is 0.208 e. The molecule has 0 bridgehead atoms. The van der Waals surface area contributed by atoms with E-state index in [2.05, 4.69) is 4.72 Å². The number of sulfonamides is 1. The maximum atomic E-state index is 13.2. The Morgan fingerprint density at radius 2 is 2.05 bits per heavy atom. The zero-order chi connectivity index (χ0) is 14.6. The van der Waals surface area contributed by atoms with Gasteiger partial charge in [0.1, 0.15) is 11.9 Å². The first-order chi connectivity index (χ1) is 8.81. The first kappa shape index (κ1) is 15.6. The van der Waals surface area contributed by atoms with Crippen molar-refractivity contribution in [2.24, 2.45) is 5.92 Å². The minimum Gasteiger partial charge on any atom is -0.208 e. The standard InChI is InChI=1S/C13H17FN2O2S/c1-4-13(9(2)3)16-19(17,18)11-5-6-12(14)10(7-11)8-15/h5-7,9,13,16H,4H2,1-3H3. The molecule has 1 unspecified atom stereocenters. The summed E-state index contributed by atoms with van der Waals surface area (Å²) in [5.74, 6) is -0.576. The van der Waals surface area contributed by atoms with E-state index in [1.54, 1.807) is 6.07 Å². The molecule has 1 rings (SSSR count). The highest BCUT2D eigenvalue weighted by atomic mass is 32.2. The highest BCUT2D eigenvalue weighted by molar-refractivity contribution is 7.89. The van der Waals surface area contributed by atoms with Gasteiger partial charge in [0.15, 0.2) is 0 Å². The van der Waals surface area contributed by atoms with Crippen molar-refractivity contribution in [2.75, 3.05) is 0 Å². The predicted octanol–water partition coefficient (Wildman–Crippen LogP) is 2.41. The summed E-state index contributed by atoms with van der Waals surface area (Å²) in [5, 5.41) is 8.72. The highest BCUT2D eigenvalue weighted by Gasteiger charge is 2.22. The summed E-state index contributed by atoms with van der Waals surface area (Å²) >= 11 is 0. The van der Waals surface area contributed by atoms with Crippen LogP contribution in [0.15, 0.2) is 23.1 Å². The second-order valence-corrected chi connectivity index (χ2v) is 6.35. The third-order valence-electron chi connectivity index (χ3n) is 2.92. The highest BCUT2D eigenvalue weighted by Crippen LogP contribution is 2.16. The fraction of sp³-hybridized carbons (Fsp3) is 0.462. The summed E-state index contributed by atoms with van der Waals surface area (Å²) in [7, 11) is -3.73. The second kappa shape index (κ2) is 6.13. The van der Waals surface area contributed by atoms with Gasteiger partial charge < -0.3 is 0 Å². The lowest BCUT2D eigenvalue weighted by atomic mass is 10.0. The van der Waals surface area contributed by atoms with Crippen LogP contribution in [0.2, 0.25) is 0 Å². The molecule has 1 atom stereocenters. The Labute approximate surface area is 113 Å². The van der Waals surface area contributed by atoms with Gasteiger partial charge in [-0.05, 0) is 30.5 Å². The zero-order valence-corrected chi connectivity index (χ0v) is 12.0. The summed E-state index contributed by atoms with van der Waals surface area (Å²) < 4.78 is 40.0. The molecule has 0 fully saturated rings. The summed E-state index contributed by atoms with van der Waals surface area (Å²) in [6.45, 7) is 5.72. The molecule has 0 amide bonds. The molecule has 6 heteroatoms. The van der Waals surface area contributed by atoms with Crippen LogP contribution in [-0.4, -0.2) is 14.5 Å². The van der Waals surface area contributed by atoms with Crippen molar-refractivity contribution in [3.63, 3.8) is 0 Å². The Kier molecular flexibility index (Phi) is 5.04. The first-order valence-electron chi connectivity index (χ1n) is 6.03. The van der Waals surface area contributed by atoms with E-state index >= 15 is 0 Å². The molecular formula is C13H17FN2O2S. The topological polar surface area (TPSA) is 70.0 Å². The molecule has 0 aliphatic heterocycles. The van der Waals surface area contributed by atoms with Gasteiger partial charge in [0.2, 0.25) is 10.0 Å². The summed E-state index contributed by atoms with van der Waals surface area (Å²) in [5.41, 5.74) is -0.277. The Morgan fingerprint density at radius 3 is 2.53 bits per heavy atom. The zero-order valence-electron chi connectivity index (χ0n) is 11.1. The molecule has 0 heterocycles. The van der Waals surface area contributed by atoms with Crippen LogP contribution in [0, 0.1) is 23.1 Å². The molecule has 0 spiro atoms. The fourth-order valence-corrected chi connectivity index (χ4v) is 3.21. The molecule has 104 valence electrons. The van der Waals surface area contributed by atoms with Gasteiger partial charge in [-0.2, -0.15) is 5.26 Å². The number of nitriles is 1. The Bertz CT molecular complexity index is 591. The molecule has 0 radical (unpaired) electrons. The SMILES string of the molecule is CCC(NS(=O)(=O)c1ccc(F)c(C#N)c1)C(C)C. The van der Waals surface area contributed by atoms with Gasteiger partial charge in [0, 0.05) is 6.04 Å². The molecule has 0 aliphatic rings. The second-order valence-electron chi connectivity index (χ2n) is 4.63. The van der Waals surface area contributed by atoms with Crippen molar-refractivity contribution in [1.29, 1.82) is 5.26 Å². The quantitative estimate of drug-likeness (QED) is 0.902. The van der Waals surface area contributed by atoms with E-state index in [0.29, 0.717) is 6.42 Å². The predicted molar refractivity (Wildman–Crippen MR) is 70.4 cm³/mol. The van der Waals surface area contributed by atoms with Gasteiger partial charge in [-0.25, -0.2) is 17.5 Å². The Hall–Kier alpha value is -1.45. The van der Waals surface area contributed by atoms with Crippen LogP contribution in [-0.2, 0) is 10.0 Å². The average Bonchev–Trinajstić information content (AvgIpc) is 2.36. The van der Waals surface area contributed by atoms with Gasteiger partial charge in [-0.15, -0.1) is 0 Å². The molecular weight excluding hydrogens is 267 g/mol. The Balaban J connectivity index is 3.11. The van der Waals surface area contributed by atoms with E-state index in [9.17, 15) is 12.8 Å². The molecule has 0 aromatic heterocycles. The molecule has 0 saturated carbocycles. The van der Waals surface area contributed by atoms with Gasteiger partial charge in [0.05, 0.1) is 10.5 Å². The number of hydrogen-bond acceptors (Lipinski definition) is 3. The summed E-state index contributed by atoms with van der Waals surface area (Å²) in [6.07, 6.45) is 0.656. The monoisotopic (exact) mass is 284 g/mol. The molecule has 0 aliphatic carbocycles. The Morgan fingerprint density at radius 1 is 1.42 bits per heavy atom. The maximum absolute atomic E-state index is 13.2. The number of halogens is 1. The lowest BCUT2D eigenvalue weighted by molar-refractivity contribution is 0.437. The fourth-order valence-electron chi connectivity index (χ4n) is 1.72. The third kappa shape index (κ3) is 3.75. The van der Waals surface area contributed by atoms with Crippen molar-refractivity contribution < 1.29 is 12.8 Å². The molecule has 4 nitrogen and oxygen atoms in total. The van der Waals surface area contributed by atoms with E-state index in [1.165, 1.54) is 0 Å². The minimum atomic E-state index is -3.73. The van der Waals surface area contributed by atoms with Crippen LogP contribution in [0.1, 0.15) is 32.8 Å². The van der Waals surface area contributed by atoms with E-state index in [-0.39, 0.29) is 22.4 Å². The van der Waals surface area contributed by atoms with Crippen molar-refractivity contribution in [3.05, 3.63) is 29.6 Å². The minimum absolute atomic E-state index is 0.0930. The van der Waals surface area contributed by atoms with Crippen LogP contribution in [0.25, 0.3) is 0 Å². The van der Waals surface area contributed by atoms with Crippen LogP contribution >= 0.6 is 0 Å². The lowest BCUT2D eigenvalue weighted by Crippen LogP contribution is -2.38. The van der Waals surface area contributed by atoms with E-state index in [4.69, 9.17) is 5.26 Å². The maximum Gasteiger partial charge on any atom is 0.240 e. The van der Waals surface area contributed by atoms with Crippen LogP contribution in [0.4, 0.5) is 4.39 Å². The van der Waals surface area contributed by atoms with Crippen molar-refractivity contribution in [1.82, 2.24) is 4.72 Å². The largest absolute Gasteiger partial charge is 0.240 e. The van der Waals surface area contributed by atoms with Crippen LogP contribution < -0.4 is 4.72 Å². The van der Waals surface area contributed by atoms with E-state index in [1.807, 2.05) is 20.8 Å². The summed E-state index contributed by atoms with van der Waals surface area (Å²) in [4.78, 5) is -0.0930. The van der Waals surface area contributed by atoms with Crippen LogP contribution in [0.3, 0.4) is 0 Å². The van der Waals surface area contributed by atoms with Gasteiger partial charge in [-0.1, -0.05) is 20.8 Å². The van der Waals surface area contributed by atoms with Gasteiger partial charge in [-0.3, -0.25) is 0 Å². The van der Waals surface area contributed by atoms with Crippen molar-refractivity contribution in [2.45, 2.75) is 38.1 Å². The molecule has 19 heavy (non-hydrogen) atoms. The number of nitrogens with zero attached hydrogens (tertiary/aromatic N) is 1. The number of rotatable bonds is 5. The summed E-state index contributed by atoms with van der Waals surface area (Å²) in [6, 6.07) is 4.63. The molecule has 1 aromatic rings. The van der Waals surface area contributed by atoms with Gasteiger partial charge >= 0.3 is 0 Å². The molecule has 0 saturated heterocycles. The normalized spacial score (nSPS) is 13.3. The van der Waals surface area contributed by atoms with E-state index < -0.39 is 15.8 Å². The number of nitrogens with one attached hydrogen (secondary N) is 1. The third-order valence-corrected chi connectivity index (χ3v) is 4.41. The number of hydrogen-bond donors (Lipinski definition) is 1. The molecule has 1 N–H and O–H groups in total. The van der Waals surface area contributed by atoms with E-state index in [0.717, 1.165) is 18.2 Å². The molecule has 1 aromatic carbocycles. The lowest BCUT2D eigenvalue weighted by Gasteiger charge is -2.20.